The van der Waals surface area contributed by atoms with E-state index in [1.807, 2.05) is 30.3 Å². The number of anilines is 1. The highest BCUT2D eigenvalue weighted by Gasteiger charge is 2.35. The lowest BCUT2D eigenvalue weighted by atomic mass is 9.87. The molecule has 0 fully saturated rings. The molecule has 8 heteroatoms. The van der Waals surface area contributed by atoms with Crippen LogP contribution in [0.4, 0.5) is 5.69 Å². The molecule has 1 aromatic heterocycles. The molecule has 1 atom stereocenters. The number of methoxy groups -OCH3 is 2. The standard InChI is InChI=1S/C22H20N2O6/c1-29-16-8-12(9-17(30-2)21(16)26)14-10-18(25)23-19-15(22(27)28)11-24(20(14)19)13-6-4-3-5-7-13/h3-9,11,14,26H,10H2,1-2H3,(H,23,25)(H,27,28). The molecule has 4 rings (SSSR count). The molecule has 8 nitrogen and oxygen atoms in total. The van der Waals surface area contributed by atoms with Crippen molar-refractivity contribution in [2.75, 3.05) is 19.5 Å². The average molecular weight is 408 g/mol. The minimum absolute atomic E-state index is 0.00427. The Bertz CT molecular complexity index is 1110. The van der Waals surface area contributed by atoms with Crippen molar-refractivity contribution in [1.82, 2.24) is 4.57 Å². The summed E-state index contributed by atoms with van der Waals surface area (Å²) in [7, 11) is 2.85. The smallest absolute Gasteiger partial charge is 0.339 e. The average Bonchev–Trinajstić information content (AvgIpc) is 3.13. The summed E-state index contributed by atoms with van der Waals surface area (Å²) in [5.74, 6) is -1.66. The monoisotopic (exact) mass is 408 g/mol. The summed E-state index contributed by atoms with van der Waals surface area (Å²) in [4.78, 5) is 24.4. The number of aromatic nitrogens is 1. The molecule has 1 amide bonds. The Balaban J connectivity index is 1.98. The zero-order valence-corrected chi connectivity index (χ0v) is 16.4. The third-order valence-corrected chi connectivity index (χ3v) is 5.20. The second-order valence-corrected chi connectivity index (χ2v) is 6.89. The number of nitrogens with one attached hydrogen (secondary N) is 1. The van der Waals surface area contributed by atoms with Crippen LogP contribution in [0, 0.1) is 0 Å². The highest BCUT2D eigenvalue weighted by Crippen LogP contribution is 2.46. The highest BCUT2D eigenvalue weighted by atomic mass is 16.5. The van der Waals surface area contributed by atoms with Crippen LogP contribution in [-0.4, -0.2) is 40.9 Å². The maximum absolute atomic E-state index is 12.5. The molecule has 0 aliphatic carbocycles. The topological polar surface area (TPSA) is 110 Å². The van der Waals surface area contributed by atoms with E-state index in [2.05, 4.69) is 5.32 Å². The van der Waals surface area contributed by atoms with Gasteiger partial charge in [-0.1, -0.05) is 18.2 Å². The first-order valence-electron chi connectivity index (χ1n) is 9.23. The third-order valence-electron chi connectivity index (χ3n) is 5.20. The minimum Gasteiger partial charge on any atom is -0.502 e. The van der Waals surface area contributed by atoms with E-state index in [0.29, 0.717) is 11.3 Å². The Morgan fingerprint density at radius 2 is 1.77 bits per heavy atom. The maximum Gasteiger partial charge on any atom is 0.339 e. The maximum atomic E-state index is 12.5. The van der Waals surface area contributed by atoms with E-state index in [-0.39, 0.29) is 40.8 Å². The molecule has 1 aliphatic rings. The fourth-order valence-corrected chi connectivity index (χ4v) is 3.82. The van der Waals surface area contributed by atoms with Gasteiger partial charge in [0, 0.05) is 24.2 Å². The van der Waals surface area contributed by atoms with Gasteiger partial charge in [-0.25, -0.2) is 4.79 Å². The Labute approximate surface area is 172 Å². The van der Waals surface area contributed by atoms with E-state index in [0.717, 1.165) is 5.69 Å². The number of nitrogens with zero attached hydrogens (tertiary/aromatic N) is 1. The second kappa shape index (κ2) is 7.47. The number of carbonyl (C=O) groups is 2. The third kappa shape index (κ3) is 3.12. The molecule has 0 saturated heterocycles. The number of aromatic carboxylic acids is 1. The van der Waals surface area contributed by atoms with Gasteiger partial charge in [-0.15, -0.1) is 0 Å². The molecule has 0 radical (unpaired) electrons. The van der Waals surface area contributed by atoms with Gasteiger partial charge in [-0.05, 0) is 29.8 Å². The quantitative estimate of drug-likeness (QED) is 0.597. The van der Waals surface area contributed by atoms with E-state index in [4.69, 9.17) is 9.47 Å². The van der Waals surface area contributed by atoms with Crippen molar-refractivity contribution >= 4 is 17.6 Å². The summed E-state index contributed by atoms with van der Waals surface area (Å²) in [6, 6.07) is 12.6. The van der Waals surface area contributed by atoms with Crippen molar-refractivity contribution in [2.45, 2.75) is 12.3 Å². The summed E-state index contributed by atoms with van der Waals surface area (Å²) < 4.78 is 12.3. The first-order valence-corrected chi connectivity index (χ1v) is 9.23. The van der Waals surface area contributed by atoms with Crippen LogP contribution in [0.25, 0.3) is 5.69 Å². The van der Waals surface area contributed by atoms with E-state index in [1.165, 1.54) is 20.4 Å². The van der Waals surface area contributed by atoms with Gasteiger partial charge in [-0.3, -0.25) is 4.79 Å². The molecule has 30 heavy (non-hydrogen) atoms. The molecule has 1 unspecified atom stereocenters. The number of amides is 1. The molecule has 1 aliphatic heterocycles. The lowest BCUT2D eigenvalue weighted by molar-refractivity contribution is -0.116. The minimum atomic E-state index is -1.14. The zero-order valence-electron chi connectivity index (χ0n) is 16.4. The van der Waals surface area contributed by atoms with Crippen molar-refractivity contribution in [1.29, 1.82) is 0 Å². The van der Waals surface area contributed by atoms with Gasteiger partial charge in [0.05, 0.1) is 25.6 Å². The number of carboxylic acids is 1. The molecule has 154 valence electrons. The molecular weight excluding hydrogens is 388 g/mol. The molecule has 0 saturated carbocycles. The largest absolute Gasteiger partial charge is 0.502 e. The number of aromatic hydroxyl groups is 1. The van der Waals surface area contributed by atoms with Gasteiger partial charge < -0.3 is 29.6 Å². The number of carboxylic acid groups (broad SMARTS) is 1. The van der Waals surface area contributed by atoms with Crippen LogP contribution < -0.4 is 14.8 Å². The number of hydrogen-bond acceptors (Lipinski definition) is 5. The first-order chi connectivity index (χ1) is 14.4. The van der Waals surface area contributed by atoms with Crippen LogP contribution in [-0.2, 0) is 4.79 Å². The summed E-state index contributed by atoms with van der Waals surface area (Å²) in [5.41, 5.74) is 2.32. The fourth-order valence-electron chi connectivity index (χ4n) is 3.82. The number of ether oxygens (including phenoxy) is 2. The molecule has 2 aromatic carbocycles. The summed E-state index contributed by atoms with van der Waals surface area (Å²) in [6.45, 7) is 0. The summed E-state index contributed by atoms with van der Waals surface area (Å²) >= 11 is 0. The number of benzene rings is 2. The van der Waals surface area contributed by atoms with Crippen LogP contribution in [0.1, 0.15) is 34.0 Å². The van der Waals surface area contributed by atoms with Crippen LogP contribution >= 0.6 is 0 Å². The molecule has 3 N–H and O–H groups in total. The SMILES string of the molecule is COc1cc(C2CC(=O)Nc3c(C(=O)O)cn(-c4ccccc4)c32)cc(OC)c1O. The van der Waals surface area contributed by atoms with Crippen LogP contribution in [0.3, 0.4) is 0 Å². The fraction of sp³-hybridized carbons (Fsp3) is 0.182. The number of carbonyl (C=O) groups excluding carboxylic acids is 1. The predicted octanol–water partition coefficient (Wildman–Crippen LogP) is 3.37. The number of rotatable bonds is 5. The van der Waals surface area contributed by atoms with E-state index in [1.54, 1.807) is 16.7 Å². The number of para-hydroxylation sites is 1. The predicted molar refractivity (Wildman–Crippen MR) is 109 cm³/mol. The van der Waals surface area contributed by atoms with E-state index in [9.17, 15) is 19.8 Å². The second-order valence-electron chi connectivity index (χ2n) is 6.89. The Kier molecular flexibility index (Phi) is 4.83. The molecular formula is C22H20N2O6. The first kappa shape index (κ1) is 19.4. The van der Waals surface area contributed by atoms with Crippen LogP contribution in [0.2, 0.25) is 0 Å². The van der Waals surface area contributed by atoms with Crippen molar-refractivity contribution in [3.8, 4) is 22.9 Å². The molecule has 0 spiro atoms. The zero-order chi connectivity index (χ0) is 21.4. The lowest BCUT2D eigenvalue weighted by Crippen LogP contribution is -2.25. The number of fused-ring (bicyclic) bond motifs is 1. The Morgan fingerprint density at radius 1 is 1.13 bits per heavy atom. The number of phenolic OH excluding ortho intramolecular Hbond substituents is 1. The van der Waals surface area contributed by atoms with Gasteiger partial charge in [0.15, 0.2) is 11.5 Å². The summed E-state index contributed by atoms with van der Waals surface area (Å²) in [6.07, 6.45) is 1.61. The van der Waals surface area contributed by atoms with Crippen molar-refractivity contribution in [2.24, 2.45) is 0 Å². The van der Waals surface area contributed by atoms with E-state index >= 15 is 0 Å². The highest BCUT2D eigenvalue weighted by molar-refractivity contribution is 6.04. The van der Waals surface area contributed by atoms with Crippen LogP contribution in [0.15, 0.2) is 48.7 Å². The van der Waals surface area contributed by atoms with Crippen molar-refractivity contribution in [3.63, 3.8) is 0 Å². The Hall–Kier alpha value is -3.94. The molecule has 0 bridgehead atoms. The molecule has 2 heterocycles. The number of phenols is 1. The van der Waals surface area contributed by atoms with Gasteiger partial charge in [0.25, 0.3) is 0 Å². The van der Waals surface area contributed by atoms with Crippen LogP contribution in [0.5, 0.6) is 17.2 Å². The van der Waals surface area contributed by atoms with Gasteiger partial charge >= 0.3 is 5.97 Å². The van der Waals surface area contributed by atoms with Gasteiger partial charge in [0.2, 0.25) is 11.7 Å². The lowest BCUT2D eigenvalue weighted by Gasteiger charge is -2.27. The van der Waals surface area contributed by atoms with Crippen molar-refractivity contribution < 1.29 is 29.3 Å². The Morgan fingerprint density at radius 3 is 2.33 bits per heavy atom. The molecule has 3 aromatic rings. The normalized spacial score (nSPS) is 15.3. The van der Waals surface area contributed by atoms with Gasteiger partial charge in [0.1, 0.15) is 5.56 Å². The van der Waals surface area contributed by atoms with E-state index < -0.39 is 11.9 Å². The van der Waals surface area contributed by atoms with Crippen molar-refractivity contribution in [3.05, 3.63) is 65.5 Å². The van der Waals surface area contributed by atoms with Gasteiger partial charge in [-0.2, -0.15) is 0 Å². The summed E-state index contributed by atoms with van der Waals surface area (Å²) in [5, 5.41) is 22.7. The number of hydrogen-bond donors (Lipinski definition) is 3.